The van der Waals surface area contributed by atoms with E-state index in [-0.39, 0.29) is 17.8 Å². The lowest BCUT2D eigenvalue weighted by molar-refractivity contribution is 0.0735. The van der Waals surface area contributed by atoms with Crippen molar-refractivity contribution in [3.05, 3.63) is 89.5 Å². The third-order valence-electron chi connectivity index (χ3n) is 6.16. The van der Waals surface area contributed by atoms with Crippen LogP contribution in [0.15, 0.2) is 61.2 Å². The predicted molar refractivity (Wildman–Crippen MR) is 117 cm³/mol. The van der Waals surface area contributed by atoms with Crippen LogP contribution in [0.4, 0.5) is 4.39 Å². The van der Waals surface area contributed by atoms with Gasteiger partial charge >= 0.3 is 0 Å². The number of hydrogen-bond acceptors (Lipinski definition) is 4. The Morgan fingerprint density at radius 1 is 1.06 bits per heavy atom. The number of nitrogens with zero attached hydrogens (tertiary/aromatic N) is 6. The van der Waals surface area contributed by atoms with E-state index in [1.807, 2.05) is 31.2 Å². The number of aromatic nitrogens is 5. The molecule has 7 nitrogen and oxygen atoms in total. The van der Waals surface area contributed by atoms with E-state index in [0.717, 1.165) is 47.5 Å². The molecule has 162 valence electrons. The minimum atomic E-state index is -0.294. The maximum atomic E-state index is 13.4. The number of amides is 1. The van der Waals surface area contributed by atoms with Crippen LogP contribution in [-0.4, -0.2) is 42.4 Å². The molecule has 1 aliphatic carbocycles. The molecular formula is C24H23FN6O. The second-order valence-corrected chi connectivity index (χ2v) is 8.04. The highest BCUT2D eigenvalue weighted by Gasteiger charge is 2.30. The molecule has 32 heavy (non-hydrogen) atoms. The summed E-state index contributed by atoms with van der Waals surface area (Å²) in [6.07, 6.45) is 5.80. The standard InChI is InChI=1S/C24H23FN6O/c1-16(17-6-10-19(11-7-17)30-15-26-14-27-30)29(2)24(32)23-21-4-3-5-22(21)31(28-23)20-12-8-18(25)9-13-20/h6-16H,3-5H2,1-2H3/t16-/m0/s1. The minimum absolute atomic E-state index is 0.114. The summed E-state index contributed by atoms with van der Waals surface area (Å²) in [5, 5.41) is 8.80. The molecule has 2 aromatic heterocycles. The molecule has 1 atom stereocenters. The topological polar surface area (TPSA) is 68.8 Å². The highest BCUT2D eigenvalue weighted by molar-refractivity contribution is 5.94. The van der Waals surface area contributed by atoms with E-state index in [2.05, 4.69) is 15.2 Å². The molecule has 0 N–H and O–H groups in total. The van der Waals surface area contributed by atoms with E-state index in [4.69, 9.17) is 0 Å². The van der Waals surface area contributed by atoms with E-state index in [9.17, 15) is 9.18 Å². The summed E-state index contributed by atoms with van der Waals surface area (Å²) in [4.78, 5) is 19.1. The molecule has 0 radical (unpaired) electrons. The van der Waals surface area contributed by atoms with Crippen molar-refractivity contribution in [3.63, 3.8) is 0 Å². The summed E-state index contributed by atoms with van der Waals surface area (Å²) < 4.78 is 16.9. The maximum Gasteiger partial charge on any atom is 0.274 e. The van der Waals surface area contributed by atoms with E-state index in [1.165, 1.54) is 18.5 Å². The van der Waals surface area contributed by atoms with Crippen LogP contribution in [0, 0.1) is 5.82 Å². The Morgan fingerprint density at radius 2 is 1.78 bits per heavy atom. The Balaban J connectivity index is 1.41. The van der Waals surface area contributed by atoms with Crippen molar-refractivity contribution in [1.82, 2.24) is 29.4 Å². The predicted octanol–water partition coefficient (Wildman–Crippen LogP) is 3.91. The van der Waals surface area contributed by atoms with Gasteiger partial charge in [0.25, 0.3) is 5.91 Å². The molecule has 0 spiro atoms. The van der Waals surface area contributed by atoms with E-state index in [0.29, 0.717) is 5.69 Å². The van der Waals surface area contributed by atoms with Crippen molar-refractivity contribution in [2.45, 2.75) is 32.2 Å². The molecule has 0 bridgehead atoms. The third-order valence-corrected chi connectivity index (χ3v) is 6.16. The van der Waals surface area contributed by atoms with Gasteiger partial charge in [0, 0.05) is 18.3 Å². The first-order chi connectivity index (χ1) is 15.5. The number of carbonyl (C=O) groups excluding carboxylic acids is 1. The summed E-state index contributed by atoms with van der Waals surface area (Å²) in [7, 11) is 1.80. The van der Waals surface area contributed by atoms with Crippen molar-refractivity contribution in [2.75, 3.05) is 7.05 Å². The second kappa shape index (κ2) is 8.03. The molecular weight excluding hydrogens is 407 g/mol. The fourth-order valence-electron chi connectivity index (χ4n) is 4.22. The fourth-order valence-corrected chi connectivity index (χ4v) is 4.22. The Kier molecular flexibility index (Phi) is 5.05. The fraction of sp³-hybridized carbons (Fsp3) is 0.250. The summed E-state index contributed by atoms with van der Waals surface area (Å²) in [6, 6.07) is 14.0. The van der Waals surface area contributed by atoms with Crippen molar-refractivity contribution in [3.8, 4) is 11.4 Å². The molecule has 1 amide bonds. The second-order valence-electron chi connectivity index (χ2n) is 8.04. The summed E-state index contributed by atoms with van der Waals surface area (Å²) in [5.41, 5.74) is 5.21. The van der Waals surface area contributed by atoms with Gasteiger partial charge < -0.3 is 4.90 Å². The van der Waals surface area contributed by atoms with Gasteiger partial charge in [-0.2, -0.15) is 10.2 Å². The summed E-state index contributed by atoms with van der Waals surface area (Å²) in [5.74, 6) is -0.408. The lowest BCUT2D eigenvalue weighted by Crippen LogP contribution is -2.30. The van der Waals surface area contributed by atoms with Gasteiger partial charge in [-0.3, -0.25) is 4.79 Å². The van der Waals surface area contributed by atoms with Crippen molar-refractivity contribution < 1.29 is 9.18 Å². The minimum Gasteiger partial charge on any atom is -0.334 e. The number of carbonyl (C=O) groups is 1. The monoisotopic (exact) mass is 430 g/mol. The normalized spacial score (nSPS) is 13.7. The zero-order chi connectivity index (χ0) is 22.2. The van der Waals surface area contributed by atoms with Gasteiger partial charge in [0.1, 0.15) is 18.5 Å². The highest BCUT2D eigenvalue weighted by Crippen LogP contribution is 2.30. The van der Waals surface area contributed by atoms with Gasteiger partial charge in [-0.15, -0.1) is 0 Å². The van der Waals surface area contributed by atoms with Crippen LogP contribution in [0.1, 0.15) is 46.7 Å². The van der Waals surface area contributed by atoms with E-state index < -0.39 is 0 Å². The molecule has 0 saturated heterocycles. The molecule has 1 aliphatic rings. The summed E-state index contributed by atoms with van der Waals surface area (Å²) in [6.45, 7) is 2.00. The van der Waals surface area contributed by atoms with E-state index in [1.54, 1.807) is 39.8 Å². The van der Waals surface area contributed by atoms with Gasteiger partial charge in [-0.05, 0) is 68.1 Å². The molecule has 8 heteroatoms. The number of benzene rings is 2. The molecule has 0 fully saturated rings. The van der Waals surface area contributed by atoms with Crippen LogP contribution in [0.2, 0.25) is 0 Å². The number of fused-ring (bicyclic) bond motifs is 1. The maximum absolute atomic E-state index is 13.4. The number of rotatable bonds is 5. The number of hydrogen-bond donors (Lipinski definition) is 0. The zero-order valence-electron chi connectivity index (χ0n) is 17.9. The first-order valence-corrected chi connectivity index (χ1v) is 10.6. The van der Waals surface area contributed by atoms with Gasteiger partial charge in [-0.25, -0.2) is 18.7 Å². The van der Waals surface area contributed by atoms with Gasteiger partial charge in [0.05, 0.1) is 17.4 Å². The molecule has 2 aromatic carbocycles. The molecule has 5 rings (SSSR count). The van der Waals surface area contributed by atoms with E-state index >= 15 is 0 Å². The van der Waals surface area contributed by atoms with Crippen molar-refractivity contribution in [2.24, 2.45) is 0 Å². The van der Waals surface area contributed by atoms with Crippen LogP contribution in [-0.2, 0) is 12.8 Å². The first-order valence-electron chi connectivity index (χ1n) is 10.6. The highest BCUT2D eigenvalue weighted by atomic mass is 19.1. The molecule has 0 aliphatic heterocycles. The lowest BCUT2D eigenvalue weighted by atomic mass is 10.1. The van der Waals surface area contributed by atoms with Crippen LogP contribution in [0.3, 0.4) is 0 Å². The number of halogens is 1. The van der Waals surface area contributed by atoms with Crippen LogP contribution < -0.4 is 0 Å². The van der Waals surface area contributed by atoms with Crippen LogP contribution in [0.5, 0.6) is 0 Å². The largest absolute Gasteiger partial charge is 0.334 e. The van der Waals surface area contributed by atoms with Crippen LogP contribution >= 0.6 is 0 Å². The Morgan fingerprint density at radius 3 is 2.47 bits per heavy atom. The quantitative estimate of drug-likeness (QED) is 0.481. The lowest BCUT2D eigenvalue weighted by Gasteiger charge is -2.25. The zero-order valence-corrected chi connectivity index (χ0v) is 17.9. The summed E-state index contributed by atoms with van der Waals surface area (Å²) >= 11 is 0. The Bertz CT molecular complexity index is 1250. The first kappa shape index (κ1) is 20.1. The smallest absolute Gasteiger partial charge is 0.274 e. The molecule has 0 saturated carbocycles. The van der Waals surface area contributed by atoms with Crippen LogP contribution in [0.25, 0.3) is 11.4 Å². The molecule has 2 heterocycles. The Labute approximate surface area is 185 Å². The average molecular weight is 430 g/mol. The van der Waals surface area contributed by atoms with Gasteiger partial charge in [-0.1, -0.05) is 12.1 Å². The van der Waals surface area contributed by atoms with Crippen molar-refractivity contribution in [1.29, 1.82) is 0 Å². The Hall–Kier alpha value is -3.81. The van der Waals surface area contributed by atoms with Crippen molar-refractivity contribution >= 4 is 5.91 Å². The van der Waals surface area contributed by atoms with Gasteiger partial charge in [0.2, 0.25) is 0 Å². The molecule has 0 unspecified atom stereocenters. The average Bonchev–Trinajstić information content (AvgIpc) is 3.57. The third kappa shape index (κ3) is 3.47. The SMILES string of the molecule is C[C@@H](c1ccc(-n2cncn2)cc1)N(C)C(=O)c1nn(-c2ccc(F)cc2)c2c1CCC2. The van der Waals surface area contributed by atoms with Gasteiger partial charge in [0.15, 0.2) is 5.69 Å². The molecule has 4 aromatic rings.